The molecule has 0 radical (unpaired) electrons. The molecule has 2 atom stereocenters. The summed E-state index contributed by atoms with van der Waals surface area (Å²) in [6, 6.07) is 9.30. The zero-order chi connectivity index (χ0) is 10.1. The third-order valence-corrected chi connectivity index (χ3v) is 3.51. The van der Waals surface area contributed by atoms with Crippen LogP contribution in [-0.2, 0) is 0 Å². The summed E-state index contributed by atoms with van der Waals surface area (Å²) in [5, 5.41) is 3.59. The molecule has 78 valence electrons. The lowest BCUT2D eigenvalue weighted by molar-refractivity contribution is 0.492. The molecule has 2 nitrogen and oxygen atoms in total. The molecule has 0 spiro atoms. The van der Waals surface area contributed by atoms with Crippen molar-refractivity contribution in [1.29, 1.82) is 0 Å². The van der Waals surface area contributed by atoms with Crippen molar-refractivity contribution in [3.8, 4) is 0 Å². The quantitative estimate of drug-likeness (QED) is 0.736. The number of fused-ring (bicyclic) bond motifs is 1. The van der Waals surface area contributed by atoms with Crippen molar-refractivity contribution in [3.05, 3.63) is 35.4 Å². The van der Waals surface area contributed by atoms with Gasteiger partial charge in [-0.2, -0.15) is 0 Å². The Morgan fingerprint density at radius 1 is 1.27 bits per heavy atom. The van der Waals surface area contributed by atoms with Crippen molar-refractivity contribution in [2.75, 3.05) is 13.1 Å². The van der Waals surface area contributed by atoms with E-state index in [1.54, 1.807) is 0 Å². The molecule has 2 aliphatic rings. The predicted molar refractivity (Wildman–Crippen MR) is 62.7 cm³/mol. The summed E-state index contributed by atoms with van der Waals surface area (Å²) in [6.45, 7) is 2.13. The second kappa shape index (κ2) is 3.78. The van der Waals surface area contributed by atoms with Gasteiger partial charge in [-0.3, -0.25) is 4.99 Å². The van der Waals surface area contributed by atoms with E-state index < -0.39 is 0 Å². The van der Waals surface area contributed by atoms with Crippen molar-refractivity contribution in [1.82, 2.24) is 5.32 Å². The fourth-order valence-corrected chi connectivity index (χ4v) is 2.73. The summed E-state index contributed by atoms with van der Waals surface area (Å²) in [5.41, 5.74) is 2.79. The predicted octanol–water partition coefficient (Wildman–Crippen LogP) is 1.95. The lowest BCUT2D eigenvalue weighted by atomic mass is 9.86. The van der Waals surface area contributed by atoms with Crippen molar-refractivity contribution in [2.45, 2.75) is 24.8 Å². The molecule has 2 heteroatoms. The van der Waals surface area contributed by atoms with E-state index in [9.17, 15) is 0 Å². The third kappa shape index (κ3) is 1.59. The van der Waals surface area contributed by atoms with Crippen molar-refractivity contribution in [2.24, 2.45) is 4.99 Å². The standard InChI is InChI=1S/C13H16N2/c1-2-5-11-10(4-1)8-14-9-12(11)13-6-3-7-15-13/h1-2,4-5,8,12-13,15H,3,6-7,9H2. The van der Waals surface area contributed by atoms with Gasteiger partial charge >= 0.3 is 0 Å². The van der Waals surface area contributed by atoms with Crippen molar-refractivity contribution < 1.29 is 0 Å². The first-order valence-electron chi connectivity index (χ1n) is 5.77. The third-order valence-electron chi connectivity index (χ3n) is 3.51. The highest BCUT2D eigenvalue weighted by molar-refractivity contribution is 5.83. The van der Waals surface area contributed by atoms with Gasteiger partial charge in [0, 0.05) is 24.7 Å². The minimum absolute atomic E-state index is 0.591. The first kappa shape index (κ1) is 9.10. The second-order valence-corrected chi connectivity index (χ2v) is 4.43. The van der Waals surface area contributed by atoms with Crippen LogP contribution in [0.2, 0.25) is 0 Å². The van der Waals surface area contributed by atoms with E-state index in [1.807, 2.05) is 6.21 Å². The first-order chi connectivity index (χ1) is 7.45. The normalized spacial score (nSPS) is 29.1. The maximum absolute atomic E-state index is 4.48. The Morgan fingerprint density at radius 3 is 3.07 bits per heavy atom. The van der Waals surface area contributed by atoms with E-state index in [0.717, 1.165) is 6.54 Å². The number of hydrogen-bond donors (Lipinski definition) is 1. The molecule has 1 aromatic rings. The van der Waals surface area contributed by atoms with Gasteiger partial charge in [-0.25, -0.2) is 0 Å². The van der Waals surface area contributed by atoms with Gasteiger partial charge in [0.05, 0.1) is 0 Å². The Labute approximate surface area is 90.4 Å². The fourth-order valence-electron chi connectivity index (χ4n) is 2.73. The Balaban J connectivity index is 1.94. The molecule has 1 N–H and O–H groups in total. The van der Waals surface area contributed by atoms with Crippen LogP contribution in [0, 0.1) is 0 Å². The van der Waals surface area contributed by atoms with Crippen molar-refractivity contribution in [3.63, 3.8) is 0 Å². The molecule has 0 aliphatic carbocycles. The largest absolute Gasteiger partial charge is 0.313 e. The Bertz CT molecular complexity index is 378. The smallest absolute Gasteiger partial charge is 0.0473 e. The maximum atomic E-state index is 4.48. The van der Waals surface area contributed by atoms with E-state index in [-0.39, 0.29) is 0 Å². The molecule has 2 unspecified atom stereocenters. The molecule has 3 rings (SSSR count). The molecule has 1 aromatic carbocycles. The summed E-state index contributed by atoms with van der Waals surface area (Å²) < 4.78 is 0. The number of hydrogen-bond acceptors (Lipinski definition) is 2. The van der Waals surface area contributed by atoms with Crippen LogP contribution in [0.25, 0.3) is 0 Å². The van der Waals surface area contributed by atoms with E-state index in [4.69, 9.17) is 0 Å². The number of rotatable bonds is 1. The van der Waals surface area contributed by atoms with E-state index >= 15 is 0 Å². The highest BCUT2D eigenvalue weighted by Crippen LogP contribution is 2.29. The molecular weight excluding hydrogens is 184 g/mol. The van der Waals surface area contributed by atoms with E-state index in [2.05, 4.69) is 34.6 Å². The molecule has 2 heterocycles. The van der Waals surface area contributed by atoms with Crippen LogP contribution >= 0.6 is 0 Å². The maximum Gasteiger partial charge on any atom is 0.0473 e. The molecule has 2 aliphatic heterocycles. The topological polar surface area (TPSA) is 24.4 Å². The fraction of sp³-hybridized carbons (Fsp3) is 0.462. The lowest BCUT2D eigenvalue weighted by Gasteiger charge is -2.26. The molecule has 1 fully saturated rings. The van der Waals surface area contributed by atoms with Gasteiger partial charge in [-0.1, -0.05) is 24.3 Å². The Kier molecular flexibility index (Phi) is 2.29. The number of nitrogens with one attached hydrogen (secondary N) is 1. The van der Waals surface area contributed by atoms with Crippen LogP contribution in [0.3, 0.4) is 0 Å². The van der Waals surface area contributed by atoms with Gasteiger partial charge in [-0.15, -0.1) is 0 Å². The number of benzene rings is 1. The molecule has 0 aromatic heterocycles. The number of aliphatic imine (C=N–C) groups is 1. The highest BCUT2D eigenvalue weighted by atomic mass is 15.0. The molecule has 15 heavy (non-hydrogen) atoms. The average Bonchev–Trinajstić information content (AvgIpc) is 2.82. The Hall–Kier alpha value is -1.15. The molecule has 1 saturated heterocycles. The number of nitrogens with zero attached hydrogens (tertiary/aromatic N) is 1. The summed E-state index contributed by atoms with van der Waals surface area (Å²) in [6.07, 6.45) is 4.63. The van der Waals surface area contributed by atoms with Crippen LogP contribution in [0.5, 0.6) is 0 Å². The van der Waals surface area contributed by atoms with Crippen LogP contribution < -0.4 is 5.32 Å². The zero-order valence-electron chi connectivity index (χ0n) is 8.82. The van der Waals surface area contributed by atoms with Gasteiger partial charge in [0.1, 0.15) is 0 Å². The van der Waals surface area contributed by atoms with Crippen LogP contribution in [0.4, 0.5) is 0 Å². The summed E-state index contributed by atoms with van der Waals surface area (Å²) >= 11 is 0. The minimum Gasteiger partial charge on any atom is -0.313 e. The van der Waals surface area contributed by atoms with Crippen LogP contribution in [0.1, 0.15) is 29.9 Å². The SMILES string of the molecule is C1=NCC(C2CCCN2)c2ccccc21. The first-order valence-corrected chi connectivity index (χ1v) is 5.77. The van der Waals surface area contributed by atoms with Gasteiger partial charge < -0.3 is 5.32 Å². The monoisotopic (exact) mass is 200 g/mol. The summed E-state index contributed by atoms with van der Waals surface area (Å²) in [4.78, 5) is 4.48. The summed E-state index contributed by atoms with van der Waals surface area (Å²) in [5.74, 6) is 0.591. The van der Waals surface area contributed by atoms with E-state index in [0.29, 0.717) is 12.0 Å². The van der Waals surface area contributed by atoms with E-state index in [1.165, 1.54) is 30.5 Å². The van der Waals surface area contributed by atoms with Gasteiger partial charge in [0.2, 0.25) is 0 Å². The highest BCUT2D eigenvalue weighted by Gasteiger charge is 2.28. The molecule has 0 bridgehead atoms. The molecule has 0 amide bonds. The van der Waals surface area contributed by atoms with Crippen LogP contribution in [-0.4, -0.2) is 25.3 Å². The average molecular weight is 200 g/mol. The summed E-state index contributed by atoms with van der Waals surface area (Å²) in [7, 11) is 0. The second-order valence-electron chi connectivity index (χ2n) is 4.43. The molecular formula is C13H16N2. The minimum atomic E-state index is 0.591. The zero-order valence-corrected chi connectivity index (χ0v) is 8.82. The van der Waals surface area contributed by atoms with Gasteiger partial charge in [0.15, 0.2) is 0 Å². The van der Waals surface area contributed by atoms with Crippen molar-refractivity contribution >= 4 is 6.21 Å². The Morgan fingerprint density at radius 2 is 2.20 bits per heavy atom. The van der Waals surface area contributed by atoms with Gasteiger partial charge in [0.25, 0.3) is 0 Å². The lowest BCUT2D eigenvalue weighted by Crippen LogP contribution is -2.32. The molecule has 0 saturated carbocycles. The van der Waals surface area contributed by atoms with Gasteiger partial charge in [-0.05, 0) is 30.5 Å². The van der Waals surface area contributed by atoms with Crippen LogP contribution in [0.15, 0.2) is 29.3 Å².